The number of carbonyl (C=O) groups excluding carboxylic acids is 1. The highest BCUT2D eigenvalue weighted by molar-refractivity contribution is 7.93. The summed E-state index contributed by atoms with van der Waals surface area (Å²) in [5.74, 6) is 0.498. The molecule has 3 unspecified atom stereocenters. The maximum atomic E-state index is 13.7. The average Bonchev–Trinajstić information content (AvgIpc) is 2.92. The number of aliphatic hydroxyl groups is 2. The van der Waals surface area contributed by atoms with Gasteiger partial charge in [0.1, 0.15) is 6.23 Å². The van der Waals surface area contributed by atoms with Crippen LogP contribution < -0.4 is 10.4 Å². The first-order valence-corrected chi connectivity index (χ1v) is 15.4. The van der Waals surface area contributed by atoms with Gasteiger partial charge in [0.25, 0.3) is 5.91 Å². The molecule has 4 N–H and O–H groups in total. The summed E-state index contributed by atoms with van der Waals surface area (Å²) in [4.78, 5) is 19.1. The molecule has 0 saturated carbocycles. The number of hydroxylamine groups is 1. The molecule has 38 heavy (non-hydrogen) atoms. The lowest BCUT2D eigenvalue weighted by atomic mass is 9.88. The molecule has 3 aliphatic heterocycles. The van der Waals surface area contributed by atoms with Crippen LogP contribution in [0.25, 0.3) is 0 Å². The molecule has 0 aromatic heterocycles. The van der Waals surface area contributed by atoms with E-state index < -0.39 is 26.7 Å². The van der Waals surface area contributed by atoms with Crippen molar-refractivity contribution in [1.29, 1.82) is 0 Å². The molecule has 3 saturated heterocycles. The minimum Gasteiger partial charge on any atom is -0.395 e. The standard InChI is InChI=1S/C27H44N4O6S/c1-20-17-21(2)19-31(18-20)25(33)22-7-11-30(12-8-22)23-3-5-24(6-4-23)38(36,37)27(26(34)28-35)9-13-29(14-10-27)15-16-32/h3-6,20-22,25,32-33,35H,7-19H2,1-2H3,(H,28,34). The van der Waals surface area contributed by atoms with Crippen molar-refractivity contribution in [3.05, 3.63) is 24.3 Å². The van der Waals surface area contributed by atoms with Crippen LogP contribution in [0.3, 0.4) is 0 Å². The number of aliphatic hydroxyl groups excluding tert-OH is 2. The van der Waals surface area contributed by atoms with Crippen molar-refractivity contribution < 1.29 is 28.6 Å². The molecule has 10 nitrogen and oxygen atoms in total. The van der Waals surface area contributed by atoms with Gasteiger partial charge in [0.05, 0.1) is 11.5 Å². The first-order chi connectivity index (χ1) is 18.1. The molecule has 0 spiro atoms. The molecular formula is C27H44N4O6S. The lowest BCUT2D eigenvalue weighted by Crippen LogP contribution is -2.57. The second kappa shape index (κ2) is 12.2. The second-order valence-corrected chi connectivity index (χ2v) is 13.9. The Bertz CT molecular complexity index is 1030. The van der Waals surface area contributed by atoms with E-state index in [0.29, 0.717) is 31.5 Å². The van der Waals surface area contributed by atoms with E-state index in [9.17, 15) is 28.6 Å². The number of nitrogens with zero attached hydrogens (tertiary/aromatic N) is 3. The number of carbonyl (C=O) groups is 1. The first-order valence-electron chi connectivity index (χ1n) is 13.9. The van der Waals surface area contributed by atoms with Crippen LogP contribution in [0.15, 0.2) is 29.2 Å². The molecule has 3 heterocycles. The number of amides is 1. The van der Waals surface area contributed by atoms with Crippen LogP contribution in [-0.4, -0.2) is 103 Å². The molecule has 4 rings (SSSR count). The number of likely N-dealkylation sites (tertiary alicyclic amines) is 2. The maximum absolute atomic E-state index is 13.7. The van der Waals surface area contributed by atoms with Crippen molar-refractivity contribution in [3.63, 3.8) is 0 Å². The Morgan fingerprint density at radius 3 is 2.16 bits per heavy atom. The van der Waals surface area contributed by atoms with E-state index in [0.717, 1.165) is 44.7 Å². The lowest BCUT2D eigenvalue weighted by Gasteiger charge is -2.43. The van der Waals surface area contributed by atoms with Gasteiger partial charge in [-0.05, 0) is 68.2 Å². The van der Waals surface area contributed by atoms with E-state index in [1.54, 1.807) is 29.7 Å². The van der Waals surface area contributed by atoms with Gasteiger partial charge in [-0.25, -0.2) is 13.9 Å². The molecular weight excluding hydrogens is 508 g/mol. The van der Waals surface area contributed by atoms with Gasteiger partial charge < -0.3 is 20.0 Å². The molecule has 11 heteroatoms. The number of nitrogens with one attached hydrogen (secondary N) is 1. The predicted molar refractivity (Wildman–Crippen MR) is 145 cm³/mol. The molecule has 3 atom stereocenters. The number of anilines is 1. The minimum absolute atomic E-state index is 0.0356. The first kappa shape index (κ1) is 29.2. The van der Waals surface area contributed by atoms with Crippen molar-refractivity contribution in [2.24, 2.45) is 17.8 Å². The van der Waals surface area contributed by atoms with Gasteiger partial charge >= 0.3 is 0 Å². The summed E-state index contributed by atoms with van der Waals surface area (Å²) >= 11 is 0. The summed E-state index contributed by atoms with van der Waals surface area (Å²) in [5, 5.41) is 29.6. The second-order valence-electron chi connectivity index (χ2n) is 11.6. The number of piperidine rings is 3. The zero-order chi connectivity index (χ0) is 27.5. The fourth-order valence-corrected chi connectivity index (χ4v) is 8.70. The topological polar surface area (TPSA) is 134 Å². The van der Waals surface area contributed by atoms with Crippen molar-refractivity contribution >= 4 is 21.4 Å². The van der Waals surface area contributed by atoms with Gasteiger partial charge in [0.2, 0.25) is 0 Å². The Morgan fingerprint density at radius 1 is 1.05 bits per heavy atom. The minimum atomic E-state index is -4.08. The molecule has 1 aromatic rings. The zero-order valence-electron chi connectivity index (χ0n) is 22.6. The predicted octanol–water partition coefficient (Wildman–Crippen LogP) is 1.31. The Labute approximate surface area is 226 Å². The monoisotopic (exact) mass is 552 g/mol. The van der Waals surface area contributed by atoms with Gasteiger partial charge in [-0.2, -0.15) is 0 Å². The largest absolute Gasteiger partial charge is 0.395 e. The molecule has 0 aliphatic carbocycles. The van der Waals surface area contributed by atoms with Crippen molar-refractivity contribution in [2.75, 3.05) is 57.3 Å². The number of hydrogen-bond donors (Lipinski definition) is 4. The lowest BCUT2D eigenvalue weighted by molar-refractivity contribution is -0.133. The van der Waals surface area contributed by atoms with Gasteiger partial charge in [0, 0.05) is 57.4 Å². The Balaban J connectivity index is 1.41. The van der Waals surface area contributed by atoms with Crippen molar-refractivity contribution in [2.45, 2.75) is 61.8 Å². The summed E-state index contributed by atoms with van der Waals surface area (Å²) in [5.41, 5.74) is 2.50. The summed E-state index contributed by atoms with van der Waals surface area (Å²) in [6.07, 6.45) is 2.59. The van der Waals surface area contributed by atoms with Gasteiger partial charge in [-0.15, -0.1) is 0 Å². The molecule has 214 valence electrons. The van der Waals surface area contributed by atoms with Gasteiger partial charge in [0.15, 0.2) is 14.6 Å². The number of sulfone groups is 1. The average molecular weight is 553 g/mol. The van der Waals surface area contributed by atoms with E-state index in [4.69, 9.17) is 0 Å². The molecule has 1 amide bonds. The quantitative estimate of drug-likeness (QED) is 0.278. The van der Waals surface area contributed by atoms with Crippen LogP contribution in [0.2, 0.25) is 0 Å². The van der Waals surface area contributed by atoms with Gasteiger partial charge in [-0.3, -0.25) is 14.9 Å². The molecule has 0 radical (unpaired) electrons. The highest BCUT2D eigenvalue weighted by atomic mass is 32.2. The molecule has 0 bridgehead atoms. The maximum Gasteiger partial charge on any atom is 0.265 e. The zero-order valence-corrected chi connectivity index (χ0v) is 23.4. The number of β-amino-alcohol motifs (C(OH)–C–C–N with tert-alkyl or cyclic N) is 1. The molecule has 3 fully saturated rings. The normalized spacial score (nSPS) is 26.7. The third-order valence-electron chi connectivity index (χ3n) is 8.85. The molecule has 1 aromatic carbocycles. The van der Waals surface area contributed by atoms with Crippen LogP contribution in [-0.2, 0) is 14.6 Å². The van der Waals surface area contributed by atoms with Crippen LogP contribution in [0.5, 0.6) is 0 Å². The van der Waals surface area contributed by atoms with E-state index in [1.807, 2.05) is 4.90 Å². The summed E-state index contributed by atoms with van der Waals surface area (Å²) < 4.78 is 25.6. The van der Waals surface area contributed by atoms with Crippen LogP contribution in [0, 0.1) is 17.8 Å². The van der Waals surface area contributed by atoms with E-state index >= 15 is 0 Å². The SMILES string of the molecule is CC1CC(C)CN(C(O)C2CCN(c3ccc(S(=O)(=O)C4(C(=O)NO)CCN(CCO)CC4)cc3)CC2)C1. The van der Waals surface area contributed by atoms with E-state index in [-0.39, 0.29) is 30.3 Å². The number of rotatable bonds is 8. The third kappa shape index (κ3) is 5.88. The molecule has 3 aliphatic rings. The Morgan fingerprint density at radius 2 is 1.63 bits per heavy atom. The Hall–Kier alpha value is -1.76. The Kier molecular flexibility index (Phi) is 9.37. The third-order valence-corrected chi connectivity index (χ3v) is 11.4. The fourth-order valence-electron chi connectivity index (χ4n) is 6.74. The van der Waals surface area contributed by atoms with Crippen molar-refractivity contribution in [3.8, 4) is 0 Å². The van der Waals surface area contributed by atoms with E-state index in [2.05, 4.69) is 23.6 Å². The van der Waals surface area contributed by atoms with Crippen molar-refractivity contribution in [1.82, 2.24) is 15.3 Å². The summed E-state index contributed by atoms with van der Waals surface area (Å²) in [6.45, 7) is 8.99. The van der Waals surface area contributed by atoms with E-state index in [1.165, 1.54) is 6.42 Å². The van der Waals surface area contributed by atoms with Crippen LogP contribution in [0.4, 0.5) is 5.69 Å². The van der Waals surface area contributed by atoms with Crippen LogP contribution in [0.1, 0.15) is 46.0 Å². The fraction of sp³-hybridized carbons (Fsp3) is 0.741. The van der Waals surface area contributed by atoms with Crippen LogP contribution >= 0.6 is 0 Å². The summed E-state index contributed by atoms with van der Waals surface area (Å²) in [6, 6.07) is 6.66. The highest BCUT2D eigenvalue weighted by Crippen LogP contribution is 2.37. The smallest absolute Gasteiger partial charge is 0.265 e. The van der Waals surface area contributed by atoms with Gasteiger partial charge in [-0.1, -0.05) is 13.8 Å². The number of benzene rings is 1. The number of hydrogen-bond acceptors (Lipinski definition) is 9. The summed E-state index contributed by atoms with van der Waals surface area (Å²) in [7, 11) is -4.08. The highest BCUT2D eigenvalue weighted by Gasteiger charge is 2.52.